The van der Waals surface area contributed by atoms with Gasteiger partial charge in [0.15, 0.2) is 0 Å². The van der Waals surface area contributed by atoms with Crippen LogP contribution >= 0.6 is 0 Å². The van der Waals surface area contributed by atoms with Gasteiger partial charge in [-0.3, -0.25) is 4.90 Å². The predicted octanol–water partition coefficient (Wildman–Crippen LogP) is 0.888. The molecule has 0 N–H and O–H groups in total. The molecular weight excluding hydrogens is 166 g/mol. The van der Waals surface area contributed by atoms with Crippen LogP contribution in [0.25, 0.3) is 0 Å². The first-order chi connectivity index (χ1) is 6.35. The first-order valence-electron chi connectivity index (χ1n) is 5.20. The number of likely N-dealkylation sites (tertiary alicyclic amines) is 1. The Labute approximate surface area is 80.0 Å². The van der Waals surface area contributed by atoms with E-state index in [0.29, 0.717) is 0 Å². The van der Waals surface area contributed by atoms with E-state index in [2.05, 4.69) is 4.90 Å². The molecule has 2 heterocycles. The topological polar surface area (TPSA) is 21.7 Å². The smallest absolute Gasteiger partial charge is 0.0821 e. The molecular formula is C10H19NO2. The van der Waals surface area contributed by atoms with Crippen molar-refractivity contribution in [2.75, 3.05) is 40.0 Å². The number of hydrogen-bond acceptors (Lipinski definition) is 3. The third-order valence-corrected chi connectivity index (χ3v) is 3.19. The van der Waals surface area contributed by atoms with E-state index in [1.165, 1.54) is 25.8 Å². The number of hydrogen-bond donors (Lipinski definition) is 0. The van der Waals surface area contributed by atoms with E-state index in [9.17, 15) is 0 Å². The second kappa shape index (κ2) is 3.95. The van der Waals surface area contributed by atoms with Crippen LogP contribution < -0.4 is 0 Å². The zero-order valence-corrected chi connectivity index (χ0v) is 8.42. The summed E-state index contributed by atoms with van der Waals surface area (Å²) in [5.41, 5.74) is 0.230. The second-order valence-corrected chi connectivity index (χ2v) is 4.15. The summed E-state index contributed by atoms with van der Waals surface area (Å²) >= 11 is 0. The Kier molecular flexibility index (Phi) is 2.86. The Balaban J connectivity index is 1.79. The number of rotatable bonds is 3. The molecule has 2 saturated heterocycles. The molecule has 0 bridgehead atoms. The van der Waals surface area contributed by atoms with Crippen molar-refractivity contribution in [2.24, 2.45) is 0 Å². The van der Waals surface area contributed by atoms with Crippen LogP contribution in [0.5, 0.6) is 0 Å². The summed E-state index contributed by atoms with van der Waals surface area (Å²) in [6, 6.07) is 0. The quantitative estimate of drug-likeness (QED) is 0.651. The number of ether oxygens (including phenoxy) is 2. The van der Waals surface area contributed by atoms with Gasteiger partial charge in [0.25, 0.3) is 0 Å². The summed E-state index contributed by atoms with van der Waals surface area (Å²) in [4.78, 5) is 2.45. The van der Waals surface area contributed by atoms with Crippen molar-refractivity contribution in [3.63, 3.8) is 0 Å². The molecule has 0 saturated carbocycles. The molecule has 0 aromatic carbocycles. The minimum absolute atomic E-state index is 0.230. The maximum Gasteiger partial charge on any atom is 0.0821 e. The molecule has 0 aromatic heterocycles. The van der Waals surface area contributed by atoms with Crippen molar-refractivity contribution < 1.29 is 9.47 Å². The van der Waals surface area contributed by atoms with Crippen molar-refractivity contribution >= 4 is 0 Å². The Morgan fingerprint density at radius 2 is 2.38 bits per heavy atom. The first-order valence-corrected chi connectivity index (χ1v) is 5.20. The van der Waals surface area contributed by atoms with Crippen LogP contribution in [-0.2, 0) is 9.47 Å². The van der Waals surface area contributed by atoms with Crippen molar-refractivity contribution in [2.45, 2.75) is 24.9 Å². The molecule has 1 atom stereocenters. The van der Waals surface area contributed by atoms with Crippen LogP contribution in [0.1, 0.15) is 19.3 Å². The maximum absolute atomic E-state index is 5.83. The highest BCUT2D eigenvalue weighted by atomic mass is 16.5. The lowest BCUT2D eigenvalue weighted by Crippen LogP contribution is -2.33. The molecule has 3 nitrogen and oxygen atoms in total. The van der Waals surface area contributed by atoms with Crippen molar-refractivity contribution in [1.29, 1.82) is 0 Å². The van der Waals surface area contributed by atoms with E-state index in [0.717, 1.165) is 26.3 Å². The molecule has 0 aliphatic carbocycles. The summed E-state index contributed by atoms with van der Waals surface area (Å²) < 4.78 is 10.9. The van der Waals surface area contributed by atoms with E-state index >= 15 is 0 Å². The Morgan fingerprint density at radius 3 is 3.08 bits per heavy atom. The van der Waals surface area contributed by atoms with Gasteiger partial charge in [-0.05, 0) is 19.3 Å². The van der Waals surface area contributed by atoms with Gasteiger partial charge in [-0.2, -0.15) is 0 Å². The van der Waals surface area contributed by atoms with Crippen LogP contribution in [0.4, 0.5) is 0 Å². The Hall–Kier alpha value is -0.120. The Bertz CT molecular complexity index is 166. The highest BCUT2D eigenvalue weighted by Gasteiger charge is 2.41. The second-order valence-electron chi connectivity index (χ2n) is 4.15. The zero-order valence-electron chi connectivity index (χ0n) is 8.42. The van der Waals surface area contributed by atoms with Crippen molar-refractivity contribution in [3.8, 4) is 0 Å². The predicted molar refractivity (Wildman–Crippen MR) is 50.9 cm³/mol. The fourth-order valence-electron chi connectivity index (χ4n) is 2.42. The van der Waals surface area contributed by atoms with Gasteiger partial charge in [0.1, 0.15) is 0 Å². The highest BCUT2D eigenvalue weighted by Crippen LogP contribution is 2.34. The molecule has 2 fully saturated rings. The Morgan fingerprint density at radius 1 is 1.46 bits per heavy atom. The van der Waals surface area contributed by atoms with Crippen LogP contribution in [-0.4, -0.2) is 50.5 Å². The molecule has 13 heavy (non-hydrogen) atoms. The van der Waals surface area contributed by atoms with Gasteiger partial charge >= 0.3 is 0 Å². The monoisotopic (exact) mass is 185 g/mol. The summed E-state index contributed by atoms with van der Waals surface area (Å²) in [5, 5.41) is 0. The van der Waals surface area contributed by atoms with E-state index in [4.69, 9.17) is 9.47 Å². The minimum atomic E-state index is 0.230. The van der Waals surface area contributed by atoms with E-state index in [1.807, 2.05) is 0 Å². The number of nitrogens with zero attached hydrogens (tertiary/aromatic N) is 1. The fraction of sp³-hybridized carbons (Fsp3) is 1.00. The van der Waals surface area contributed by atoms with E-state index in [1.54, 1.807) is 7.11 Å². The van der Waals surface area contributed by atoms with E-state index < -0.39 is 0 Å². The molecule has 0 aromatic rings. The first kappa shape index (κ1) is 9.44. The van der Waals surface area contributed by atoms with Crippen molar-refractivity contribution in [1.82, 2.24) is 4.90 Å². The summed E-state index contributed by atoms with van der Waals surface area (Å²) in [7, 11) is 1.76. The van der Waals surface area contributed by atoms with Gasteiger partial charge in [-0.25, -0.2) is 0 Å². The third kappa shape index (κ3) is 2.03. The van der Waals surface area contributed by atoms with Crippen LogP contribution in [0, 0.1) is 0 Å². The molecule has 3 heteroatoms. The van der Waals surface area contributed by atoms with Crippen LogP contribution in [0.3, 0.4) is 0 Å². The largest absolute Gasteiger partial charge is 0.383 e. The standard InChI is InChI=1S/C10H19NO2/c1-12-8-6-11-5-4-10(9-11)3-2-7-13-10/h2-9H2,1H3/t10-/m1/s1. The summed E-state index contributed by atoms with van der Waals surface area (Å²) in [6.45, 7) is 5.18. The highest BCUT2D eigenvalue weighted by molar-refractivity contribution is 4.94. The summed E-state index contributed by atoms with van der Waals surface area (Å²) in [6.07, 6.45) is 3.73. The average molecular weight is 185 g/mol. The molecule has 0 unspecified atom stereocenters. The van der Waals surface area contributed by atoms with Gasteiger partial charge < -0.3 is 9.47 Å². The third-order valence-electron chi connectivity index (χ3n) is 3.19. The molecule has 2 aliphatic heterocycles. The lowest BCUT2D eigenvalue weighted by molar-refractivity contribution is 0.0111. The van der Waals surface area contributed by atoms with Crippen LogP contribution in [0.15, 0.2) is 0 Å². The molecule has 2 aliphatic rings. The SMILES string of the molecule is COCCN1CC[C@]2(CCCO2)C1. The van der Waals surface area contributed by atoms with Gasteiger partial charge in [0.2, 0.25) is 0 Å². The van der Waals surface area contributed by atoms with Crippen LogP contribution in [0.2, 0.25) is 0 Å². The van der Waals surface area contributed by atoms with Gasteiger partial charge in [-0.15, -0.1) is 0 Å². The van der Waals surface area contributed by atoms with Gasteiger partial charge in [0.05, 0.1) is 12.2 Å². The molecule has 1 spiro atoms. The average Bonchev–Trinajstić information content (AvgIpc) is 2.74. The maximum atomic E-state index is 5.83. The number of methoxy groups -OCH3 is 1. The normalized spacial score (nSPS) is 34.8. The zero-order chi connectivity index (χ0) is 9.15. The molecule has 0 radical (unpaired) electrons. The van der Waals surface area contributed by atoms with Crippen molar-refractivity contribution in [3.05, 3.63) is 0 Å². The lowest BCUT2D eigenvalue weighted by atomic mass is 10.00. The summed E-state index contributed by atoms with van der Waals surface area (Å²) in [5.74, 6) is 0. The minimum Gasteiger partial charge on any atom is -0.383 e. The van der Waals surface area contributed by atoms with E-state index in [-0.39, 0.29) is 5.60 Å². The fourth-order valence-corrected chi connectivity index (χ4v) is 2.42. The van der Waals surface area contributed by atoms with Gasteiger partial charge in [-0.1, -0.05) is 0 Å². The lowest BCUT2D eigenvalue weighted by Gasteiger charge is -2.22. The molecule has 0 amide bonds. The molecule has 2 rings (SSSR count). The molecule has 76 valence electrons. The van der Waals surface area contributed by atoms with Gasteiger partial charge in [0, 0.05) is 33.4 Å².